The summed E-state index contributed by atoms with van der Waals surface area (Å²) in [6, 6.07) is 11.4. The van der Waals surface area contributed by atoms with E-state index in [2.05, 4.69) is 4.98 Å². The molecular weight excluding hydrogens is 298 g/mol. The molecule has 23 heavy (non-hydrogen) atoms. The minimum atomic E-state index is -1.28. The molecule has 0 aliphatic heterocycles. The van der Waals surface area contributed by atoms with Gasteiger partial charge in [-0.05, 0) is 35.4 Å². The molecule has 0 aliphatic carbocycles. The lowest BCUT2D eigenvalue weighted by molar-refractivity contribution is 0.0690. The van der Waals surface area contributed by atoms with Gasteiger partial charge in [0.25, 0.3) is 0 Å². The Bertz CT molecular complexity index is 903. The van der Waals surface area contributed by atoms with Crippen molar-refractivity contribution >= 4 is 16.9 Å². The molecule has 2 aromatic carbocycles. The van der Waals surface area contributed by atoms with Crippen molar-refractivity contribution in [2.75, 3.05) is 7.11 Å². The maximum absolute atomic E-state index is 11.0. The van der Waals surface area contributed by atoms with Crippen LogP contribution in [0.2, 0.25) is 0 Å². The highest BCUT2D eigenvalue weighted by atomic mass is 16.5. The van der Waals surface area contributed by atoms with E-state index in [-0.39, 0.29) is 28.1 Å². The van der Waals surface area contributed by atoms with Gasteiger partial charge in [0, 0.05) is 11.5 Å². The molecule has 6 nitrogen and oxygen atoms in total. The Balaban J connectivity index is 2.19. The van der Waals surface area contributed by atoms with E-state index in [4.69, 9.17) is 9.84 Å². The summed E-state index contributed by atoms with van der Waals surface area (Å²) in [5.41, 5.74) is 1.18. The van der Waals surface area contributed by atoms with E-state index in [0.29, 0.717) is 11.3 Å². The Labute approximate surface area is 131 Å². The van der Waals surface area contributed by atoms with Crippen LogP contribution in [0.15, 0.2) is 42.5 Å². The highest BCUT2D eigenvalue weighted by molar-refractivity contribution is 5.97. The molecule has 0 radical (unpaired) electrons. The van der Waals surface area contributed by atoms with Crippen molar-refractivity contribution < 1.29 is 24.9 Å². The van der Waals surface area contributed by atoms with Gasteiger partial charge in [-0.15, -0.1) is 0 Å². The maximum Gasteiger partial charge on any atom is 0.354 e. The highest BCUT2D eigenvalue weighted by Crippen LogP contribution is 2.35. The number of methoxy groups -OCH3 is 1. The first-order chi connectivity index (χ1) is 11.0. The van der Waals surface area contributed by atoms with Crippen LogP contribution < -0.4 is 4.74 Å². The van der Waals surface area contributed by atoms with Crippen molar-refractivity contribution in [3.05, 3.63) is 48.2 Å². The van der Waals surface area contributed by atoms with E-state index >= 15 is 0 Å². The fourth-order valence-electron chi connectivity index (χ4n) is 2.35. The number of hydrogen-bond donors (Lipinski definition) is 3. The molecule has 6 heteroatoms. The number of pyridine rings is 1. The van der Waals surface area contributed by atoms with Gasteiger partial charge in [-0.3, -0.25) is 0 Å². The number of carboxylic acid groups (broad SMARTS) is 1. The van der Waals surface area contributed by atoms with Gasteiger partial charge >= 0.3 is 5.97 Å². The average Bonchev–Trinajstić information content (AvgIpc) is 2.55. The first kappa shape index (κ1) is 14.6. The number of aromatic hydroxyl groups is 2. The van der Waals surface area contributed by atoms with Crippen LogP contribution in [0.5, 0.6) is 17.2 Å². The number of benzene rings is 2. The molecule has 1 aromatic heterocycles. The van der Waals surface area contributed by atoms with Crippen LogP contribution >= 0.6 is 0 Å². The third-order valence-corrected chi connectivity index (χ3v) is 3.51. The number of carbonyl (C=O) groups is 1. The fraction of sp³-hybridized carbons (Fsp3) is 0.0588. The number of nitrogens with zero attached hydrogens (tertiary/aromatic N) is 1. The quantitative estimate of drug-likeness (QED) is 0.687. The largest absolute Gasteiger partial charge is 0.507 e. The monoisotopic (exact) mass is 311 g/mol. The number of aromatic carboxylic acids is 1. The first-order valence-corrected chi connectivity index (χ1v) is 6.74. The lowest BCUT2D eigenvalue weighted by Gasteiger charge is -2.09. The normalized spacial score (nSPS) is 10.7. The van der Waals surface area contributed by atoms with Gasteiger partial charge in [0.15, 0.2) is 5.69 Å². The topological polar surface area (TPSA) is 99.9 Å². The van der Waals surface area contributed by atoms with Crippen molar-refractivity contribution in [2.24, 2.45) is 0 Å². The van der Waals surface area contributed by atoms with Gasteiger partial charge in [0.2, 0.25) is 0 Å². The van der Waals surface area contributed by atoms with Crippen molar-refractivity contribution in [3.8, 4) is 28.4 Å². The Morgan fingerprint density at radius 1 is 1.00 bits per heavy atom. The molecule has 0 unspecified atom stereocenters. The molecule has 1 heterocycles. The zero-order valence-corrected chi connectivity index (χ0v) is 12.1. The van der Waals surface area contributed by atoms with Gasteiger partial charge in [-0.25, -0.2) is 9.78 Å². The van der Waals surface area contributed by atoms with Gasteiger partial charge in [-0.2, -0.15) is 0 Å². The molecule has 3 N–H and O–H groups in total. The SMILES string of the molecule is COc1ccc(-c2cc(O)c3nc(C(=O)O)cc(O)c3c2)cc1. The lowest BCUT2D eigenvalue weighted by atomic mass is 10.0. The Hall–Kier alpha value is -3.28. The van der Waals surface area contributed by atoms with Crippen LogP contribution in [0.4, 0.5) is 0 Å². The smallest absolute Gasteiger partial charge is 0.354 e. The van der Waals surface area contributed by atoms with Crippen LogP contribution in [0.25, 0.3) is 22.0 Å². The van der Waals surface area contributed by atoms with E-state index in [0.717, 1.165) is 11.6 Å². The number of fused-ring (bicyclic) bond motifs is 1. The van der Waals surface area contributed by atoms with Crippen LogP contribution in [0, 0.1) is 0 Å². The Morgan fingerprint density at radius 3 is 2.30 bits per heavy atom. The summed E-state index contributed by atoms with van der Waals surface area (Å²) < 4.78 is 5.10. The molecule has 116 valence electrons. The summed E-state index contributed by atoms with van der Waals surface area (Å²) in [4.78, 5) is 14.9. The molecule has 0 bridgehead atoms. The summed E-state index contributed by atoms with van der Waals surface area (Å²) in [6.45, 7) is 0. The zero-order chi connectivity index (χ0) is 16.6. The van der Waals surface area contributed by atoms with E-state index in [1.165, 1.54) is 6.07 Å². The highest BCUT2D eigenvalue weighted by Gasteiger charge is 2.14. The van der Waals surface area contributed by atoms with Gasteiger partial charge < -0.3 is 20.1 Å². The minimum absolute atomic E-state index is 0.0414. The molecule has 0 amide bonds. The molecule has 0 saturated carbocycles. The number of aromatic nitrogens is 1. The zero-order valence-electron chi connectivity index (χ0n) is 12.1. The summed E-state index contributed by atoms with van der Waals surface area (Å²) in [7, 11) is 1.57. The second kappa shape index (κ2) is 5.49. The number of carboxylic acids is 1. The van der Waals surface area contributed by atoms with Crippen molar-refractivity contribution in [3.63, 3.8) is 0 Å². The van der Waals surface area contributed by atoms with Gasteiger partial charge in [0.1, 0.15) is 22.8 Å². The third-order valence-electron chi connectivity index (χ3n) is 3.51. The van der Waals surface area contributed by atoms with Crippen molar-refractivity contribution in [1.29, 1.82) is 0 Å². The molecule has 0 saturated heterocycles. The molecule has 0 atom stereocenters. The number of hydrogen-bond acceptors (Lipinski definition) is 5. The van der Waals surface area contributed by atoms with E-state index in [9.17, 15) is 15.0 Å². The summed E-state index contributed by atoms with van der Waals surface area (Å²) in [6.07, 6.45) is 0. The van der Waals surface area contributed by atoms with Crippen LogP contribution in [-0.4, -0.2) is 33.4 Å². The minimum Gasteiger partial charge on any atom is -0.507 e. The van der Waals surface area contributed by atoms with Gasteiger partial charge in [-0.1, -0.05) is 12.1 Å². The average molecular weight is 311 g/mol. The van der Waals surface area contributed by atoms with Crippen LogP contribution in [0.3, 0.4) is 0 Å². The Kier molecular flexibility index (Phi) is 3.50. The second-order valence-electron chi connectivity index (χ2n) is 4.95. The van der Waals surface area contributed by atoms with E-state index in [1.807, 2.05) is 12.1 Å². The number of ether oxygens (including phenoxy) is 1. The predicted octanol–water partition coefficient (Wildman–Crippen LogP) is 3.02. The molecule has 3 aromatic rings. The van der Waals surface area contributed by atoms with Crippen LogP contribution in [0.1, 0.15) is 10.5 Å². The first-order valence-electron chi connectivity index (χ1n) is 6.74. The lowest BCUT2D eigenvalue weighted by Crippen LogP contribution is -2.00. The van der Waals surface area contributed by atoms with E-state index in [1.54, 1.807) is 25.3 Å². The summed E-state index contributed by atoms with van der Waals surface area (Å²) >= 11 is 0. The molecule has 3 rings (SSSR count). The van der Waals surface area contributed by atoms with Crippen molar-refractivity contribution in [1.82, 2.24) is 4.98 Å². The Morgan fingerprint density at radius 2 is 1.70 bits per heavy atom. The second-order valence-corrected chi connectivity index (χ2v) is 4.95. The molecular formula is C17H13NO5. The standard InChI is InChI=1S/C17H13NO5/c1-23-11-4-2-9(3-5-11)10-6-12-14(19)8-13(17(21)22)18-16(12)15(20)7-10/h2-8,20H,1H3,(H,18,19)(H,21,22). The maximum atomic E-state index is 11.0. The summed E-state index contributed by atoms with van der Waals surface area (Å²) in [5.74, 6) is -1.03. The third kappa shape index (κ3) is 2.62. The van der Waals surface area contributed by atoms with Crippen molar-refractivity contribution in [2.45, 2.75) is 0 Å². The molecule has 0 spiro atoms. The summed E-state index contributed by atoms with van der Waals surface area (Å²) in [5, 5.41) is 29.5. The van der Waals surface area contributed by atoms with Gasteiger partial charge in [0.05, 0.1) is 7.11 Å². The predicted molar refractivity (Wildman–Crippen MR) is 84.0 cm³/mol. The number of phenols is 1. The molecule has 0 aliphatic rings. The molecule has 0 fully saturated rings. The van der Waals surface area contributed by atoms with Crippen LogP contribution in [-0.2, 0) is 0 Å². The van der Waals surface area contributed by atoms with E-state index < -0.39 is 5.97 Å². The number of rotatable bonds is 3. The fourth-order valence-corrected chi connectivity index (χ4v) is 2.35. The number of phenolic OH excluding ortho intramolecular Hbond substituents is 1.